The molecule has 0 bridgehead atoms. The molecule has 4 rings (SSSR count). The predicted molar refractivity (Wildman–Crippen MR) is 120 cm³/mol. The lowest BCUT2D eigenvalue weighted by Gasteiger charge is -2.10. The molecule has 0 saturated carbocycles. The maximum absolute atomic E-state index is 12.2. The minimum atomic E-state index is -0.326. The highest BCUT2D eigenvalue weighted by Gasteiger charge is 2.09. The highest BCUT2D eigenvalue weighted by Crippen LogP contribution is 2.13. The van der Waals surface area contributed by atoms with Crippen LogP contribution in [0.2, 0.25) is 0 Å². The number of benzene rings is 2. The van der Waals surface area contributed by atoms with Gasteiger partial charge in [-0.3, -0.25) is 9.48 Å². The summed E-state index contributed by atoms with van der Waals surface area (Å²) in [4.78, 5) is 24.3. The number of aromatic nitrogens is 2. The van der Waals surface area contributed by atoms with Crippen LogP contribution in [-0.2, 0) is 19.6 Å². The normalized spacial score (nSPS) is 10.5. The number of hydrogen-bond acceptors (Lipinski definition) is 4. The van der Waals surface area contributed by atoms with E-state index >= 15 is 0 Å². The van der Waals surface area contributed by atoms with E-state index in [0.29, 0.717) is 25.3 Å². The van der Waals surface area contributed by atoms with E-state index in [2.05, 4.69) is 21.0 Å². The van der Waals surface area contributed by atoms with E-state index in [-0.39, 0.29) is 17.7 Å². The number of urea groups is 1. The number of nitrogens with one attached hydrogen (secondary N) is 3. The van der Waals surface area contributed by atoms with Gasteiger partial charge in [-0.25, -0.2) is 4.79 Å². The van der Waals surface area contributed by atoms with Crippen LogP contribution in [0.4, 0.5) is 10.5 Å². The standard InChI is InChI=1S/C24H23N5O3/c30-23(22-9-3-12-32-22)28-21-8-2-6-19(14-21)16-26-24(31)25-15-18-5-1-7-20(13-18)17-29-11-4-10-27-29/h1-14H,15-17H2,(H,28,30)(H2,25,26,31). The van der Waals surface area contributed by atoms with Crippen LogP contribution < -0.4 is 16.0 Å². The SMILES string of the molecule is O=C(NCc1cccc(Cn2cccn2)c1)NCc1cccc(NC(=O)c2ccco2)c1. The van der Waals surface area contributed by atoms with E-state index in [0.717, 1.165) is 16.7 Å². The average molecular weight is 429 g/mol. The van der Waals surface area contributed by atoms with Crippen molar-refractivity contribution in [3.63, 3.8) is 0 Å². The molecule has 0 fully saturated rings. The quantitative estimate of drug-likeness (QED) is 0.397. The van der Waals surface area contributed by atoms with Crippen LogP contribution in [0.5, 0.6) is 0 Å². The zero-order valence-corrected chi connectivity index (χ0v) is 17.3. The second-order valence-corrected chi connectivity index (χ2v) is 7.19. The first kappa shape index (κ1) is 20.9. The third kappa shape index (κ3) is 5.85. The molecule has 4 aromatic rings. The first-order valence-electron chi connectivity index (χ1n) is 10.2. The number of hydrogen-bond donors (Lipinski definition) is 3. The molecule has 8 heteroatoms. The van der Waals surface area contributed by atoms with Crippen molar-refractivity contribution < 1.29 is 14.0 Å². The molecule has 8 nitrogen and oxygen atoms in total. The fourth-order valence-electron chi connectivity index (χ4n) is 3.21. The van der Waals surface area contributed by atoms with Crippen LogP contribution in [0.3, 0.4) is 0 Å². The average Bonchev–Trinajstić information content (AvgIpc) is 3.51. The molecule has 162 valence electrons. The van der Waals surface area contributed by atoms with Gasteiger partial charge in [-0.2, -0.15) is 5.10 Å². The molecule has 2 heterocycles. The third-order valence-corrected chi connectivity index (χ3v) is 4.73. The first-order valence-corrected chi connectivity index (χ1v) is 10.2. The highest BCUT2D eigenvalue weighted by atomic mass is 16.3. The molecule has 0 radical (unpaired) electrons. The van der Waals surface area contributed by atoms with E-state index in [1.807, 2.05) is 53.3 Å². The molecule has 2 aromatic heterocycles. The lowest BCUT2D eigenvalue weighted by Crippen LogP contribution is -2.34. The number of furan rings is 1. The zero-order valence-electron chi connectivity index (χ0n) is 17.3. The summed E-state index contributed by atoms with van der Waals surface area (Å²) in [7, 11) is 0. The van der Waals surface area contributed by atoms with Crippen LogP contribution in [0.15, 0.2) is 89.8 Å². The number of rotatable bonds is 8. The summed E-state index contributed by atoms with van der Waals surface area (Å²) in [6.45, 7) is 1.42. The van der Waals surface area contributed by atoms with Crippen molar-refractivity contribution in [1.29, 1.82) is 0 Å². The number of amides is 3. The molecule has 0 aliphatic rings. The van der Waals surface area contributed by atoms with Crippen LogP contribution in [0.1, 0.15) is 27.2 Å². The molecule has 3 amide bonds. The summed E-state index contributed by atoms with van der Waals surface area (Å²) in [5.74, 6) is -0.0887. The predicted octanol–water partition coefficient (Wildman–Crippen LogP) is 3.78. The molecule has 0 spiro atoms. The van der Waals surface area contributed by atoms with Crippen molar-refractivity contribution in [2.75, 3.05) is 5.32 Å². The molecule has 2 aromatic carbocycles. The number of anilines is 1. The Morgan fingerprint density at radius 3 is 2.34 bits per heavy atom. The van der Waals surface area contributed by atoms with Gasteiger partial charge in [0.1, 0.15) is 0 Å². The molecule has 0 atom stereocenters. The molecule has 0 saturated heterocycles. The zero-order chi connectivity index (χ0) is 22.2. The minimum Gasteiger partial charge on any atom is -0.459 e. The molecular formula is C24H23N5O3. The van der Waals surface area contributed by atoms with Crippen LogP contribution in [0, 0.1) is 0 Å². The monoisotopic (exact) mass is 429 g/mol. The van der Waals surface area contributed by atoms with Crippen LogP contribution in [0.25, 0.3) is 0 Å². The summed E-state index contributed by atoms with van der Waals surface area (Å²) in [6.07, 6.45) is 5.11. The van der Waals surface area contributed by atoms with Crippen molar-refractivity contribution in [3.8, 4) is 0 Å². The topological polar surface area (TPSA) is 101 Å². The van der Waals surface area contributed by atoms with E-state index < -0.39 is 0 Å². The van der Waals surface area contributed by atoms with Gasteiger partial charge in [-0.15, -0.1) is 0 Å². The fourth-order valence-corrected chi connectivity index (χ4v) is 3.21. The third-order valence-electron chi connectivity index (χ3n) is 4.73. The summed E-state index contributed by atoms with van der Waals surface area (Å²) >= 11 is 0. The number of nitrogens with zero attached hydrogens (tertiary/aromatic N) is 2. The van der Waals surface area contributed by atoms with Crippen molar-refractivity contribution >= 4 is 17.6 Å². The van der Waals surface area contributed by atoms with Gasteiger partial charge in [-0.05, 0) is 47.0 Å². The smallest absolute Gasteiger partial charge is 0.315 e. The molecular weight excluding hydrogens is 406 g/mol. The van der Waals surface area contributed by atoms with Crippen molar-refractivity contribution in [1.82, 2.24) is 20.4 Å². The van der Waals surface area contributed by atoms with Gasteiger partial charge in [0.25, 0.3) is 5.91 Å². The largest absolute Gasteiger partial charge is 0.459 e. The Morgan fingerprint density at radius 2 is 1.62 bits per heavy atom. The molecule has 0 aliphatic carbocycles. The Labute approximate surface area is 185 Å². The maximum Gasteiger partial charge on any atom is 0.315 e. The lowest BCUT2D eigenvalue weighted by molar-refractivity contribution is 0.0996. The Bertz CT molecular complexity index is 1170. The Balaban J connectivity index is 1.25. The van der Waals surface area contributed by atoms with Gasteiger partial charge in [0, 0.05) is 31.2 Å². The van der Waals surface area contributed by atoms with Crippen molar-refractivity contribution in [3.05, 3.63) is 108 Å². The van der Waals surface area contributed by atoms with Gasteiger partial charge in [-0.1, -0.05) is 36.4 Å². The van der Waals surface area contributed by atoms with Gasteiger partial charge in [0.2, 0.25) is 0 Å². The van der Waals surface area contributed by atoms with Crippen molar-refractivity contribution in [2.45, 2.75) is 19.6 Å². The van der Waals surface area contributed by atoms with Crippen LogP contribution in [-0.4, -0.2) is 21.7 Å². The molecule has 32 heavy (non-hydrogen) atoms. The van der Waals surface area contributed by atoms with Gasteiger partial charge in [0.15, 0.2) is 5.76 Å². The first-order chi connectivity index (χ1) is 15.7. The number of carbonyl (C=O) groups is 2. The summed E-state index contributed by atoms with van der Waals surface area (Å²) in [5, 5.41) is 12.7. The Morgan fingerprint density at radius 1 is 0.875 bits per heavy atom. The second kappa shape index (κ2) is 10.1. The van der Waals surface area contributed by atoms with E-state index in [1.165, 1.54) is 6.26 Å². The van der Waals surface area contributed by atoms with E-state index in [1.54, 1.807) is 30.5 Å². The summed E-state index contributed by atoms with van der Waals surface area (Å²) in [6, 6.07) is 20.2. The number of carbonyl (C=O) groups excluding carboxylic acids is 2. The highest BCUT2D eigenvalue weighted by molar-refractivity contribution is 6.02. The van der Waals surface area contributed by atoms with Gasteiger partial charge in [0.05, 0.1) is 12.8 Å². The molecule has 3 N–H and O–H groups in total. The second-order valence-electron chi connectivity index (χ2n) is 7.19. The summed E-state index contributed by atoms with van der Waals surface area (Å²) in [5.41, 5.74) is 3.60. The van der Waals surface area contributed by atoms with Gasteiger partial charge >= 0.3 is 6.03 Å². The lowest BCUT2D eigenvalue weighted by atomic mass is 10.1. The summed E-state index contributed by atoms with van der Waals surface area (Å²) < 4.78 is 6.94. The van der Waals surface area contributed by atoms with Crippen LogP contribution >= 0.6 is 0 Å². The molecule has 0 unspecified atom stereocenters. The minimum absolute atomic E-state index is 0.238. The maximum atomic E-state index is 12.2. The molecule has 0 aliphatic heterocycles. The van der Waals surface area contributed by atoms with Crippen molar-refractivity contribution in [2.24, 2.45) is 0 Å². The van der Waals surface area contributed by atoms with E-state index in [9.17, 15) is 9.59 Å². The Hall–Kier alpha value is -4.33. The van der Waals surface area contributed by atoms with E-state index in [4.69, 9.17) is 4.42 Å². The van der Waals surface area contributed by atoms with Gasteiger partial charge < -0.3 is 20.4 Å². The fraction of sp³-hybridized carbons (Fsp3) is 0.125. The Kier molecular flexibility index (Phi) is 6.62.